The molecule has 8 nitrogen and oxygen atoms in total. The number of hydrogen-bond acceptors (Lipinski definition) is 5. The molecule has 0 atom stereocenters. The minimum absolute atomic E-state index is 0.130. The van der Waals surface area contributed by atoms with Gasteiger partial charge in [0.25, 0.3) is 5.91 Å². The molecule has 1 aromatic heterocycles. The predicted octanol–water partition coefficient (Wildman–Crippen LogP) is 2.82. The van der Waals surface area contributed by atoms with Crippen molar-refractivity contribution >= 4 is 22.6 Å². The Hall–Kier alpha value is -3.73. The summed E-state index contributed by atoms with van der Waals surface area (Å²) in [5, 5.41) is 11.6. The lowest BCUT2D eigenvalue weighted by atomic mass is 10.1. The van der Waals surface area contributed by atoms with E-state index in [0.717, 1.165) is 0 Å². The van der Waals surface area contributed by atoms with Crippen LogP contribution >= 0.6 is 0 Å². The van der Waals surface area contributed by atoms with Gasteiger partial charge >= 0.3 is 5.69 Å². The summed E-state index contributed by atoms with van der Waals surface area (Å²) >= 11 is 0. The third-order valence-electron chi connectivity index (χ3n) is 4.41. The second-order valence-corrected chi connectivity index (χ2v) is 6.80. The number of anilines is 1. The van der Waals surface area contributed by atoms with E-state index in [1.165, 1.54) is 9.13 Å². The smallest absolute Gasteiger partial charge is 0.328 e. The number of fused-ring (bicyclic) bond motifs is 1. The van der Waals surface area contributed by atoms with Gasteiger partial charge in [-0.25, -0.2) is 4.79 Å². The first kappa shape index (κ1) is 20.0. The van der Waals surface area contributed by atoms with Gasteiger partial charge in [-0.15, -0.1) is 0 Å². The van der Waals surface area contributed by atoms with E-state index < -0.39 is 5.91 Å². The first-order valence-electron chi connectivity index (χ1n) is 9.09. The number of benzene rings is 2. The molecule has 0 radical (unpaired) electrons. The summed E-state index contributed by atoms with van der Waals surface area (Å²) in [5.41, 5.74) is 1.92. The molecule has 0 unspecified atom stereocenters. The molecule has 0 spiro atoms. The molecular weight excluding hydrogens is 372 g/mol. The van der Waals surface area contributed by atoms with Crippen LogP contribution in [0.4, 0.5) is 5.69 Å². The molecule has 8 heteroatoms. The summed E-state index contributed by atoms with van der Waals surface area (Å²) < 4.78 is 14.3. The Labute approximate surface area is 167 Å². The van der Waals surface area contributed by atoms with Crippen molar-refractivity contribution in [1.29, 1.82) is 5.26 Å². The Kier molecular flexibility index (Phi) is 5.59. The Balaban J connectivity index is 2.05. The second kappa shape index (κ2) is 8.10. The maximum atomic E-state index is 12.9. The van der Waals surface area contributed by atoms with Crippen molar-refractivity contribution in [2.24, 2.45) is 14.1 Å². The number of carbonyl (C=O) groups is 1. The molecule has 0 aliphatic rings. The minimum atomic E-state index is -0.410. The number of para-hydroxylation sites is 1. The van der Waals surface area contributed by atoms with E-state index >= 15 is 0 Å². The standard InChI is InChI=1S/C21H22N4O4/c1-13(2)29-19-12-17-16(24(3)21(27)25(17)4)11-15(19)23-20(26)14-7-5-6-8-18(14)28-10-9-22/h5-8,11-13H,10H2,1-4H3,(H,23,26). The van der Waals surface area contributed by atoms with Gasteiger partial charge < -0.3 is 14.8 Å². The molecule has 2 aromatic carbocycles. The van der Waals surface area contributed by atoms with Crippen LogP contribution in [-0.4, -0.2) is 27.8 Å². The van der Waals surface area contributed by atoms with Crippen LogP contribution in [-0.2, 0) is 14.1 Å². The first-order chi connectivity index (χ1) is 13.8. The molecule has 29 heavy (non-hydrogen) atoms. The second-order valence-electron chi connectivity index (χ2n) is 6.80. The van der Waals surface area contributed by atoms with Crippen LogP contribution in [0.25, 0.3) is 11.0 Å². The highest BCUT2D eigenvalue weighted by atomic mass is 16.5. The van der Waals surface area contributed by atoms with Crippen molar-refractivity contribution in [3.05, 3.63) is 52.4 Å². The predicted molar refractivity (Wildman–Crippen MR) is 109 cm³/mol. The van der Waals surface area contributed by atoms with Crippen molar-refractivity contribution < 1.29 is 14.3 Å². The summed E-state index contributed by atoms with van der Waals surface area (Å²) in [6.07, 6.45) is -0.130. The van der Waals surface area contributed by atoms with Gasteiger partial charge in [0.15, 0.2) is 6.61 Å². The number of amides is 1. The molecule has 1 N–H and O–H groups in total. The van der Waals surface area contributed by atoms with Gasteiger partial charge in [0.05, 0.1) is 28.4 Å². The molecule has 0 aliphatic heterocycles. The molecule has 0 saturated carbocycles. The van der Waals surface area contributed by atoms with Crippen molar-refractivity contribution in [2.75, 3.05) is 11.9 Å². The van der Waals surface area contributed by atoms with Crippen LogP contribution in [0.2, 0.25) is 0 Å². The molecule has 1 heterocycles. The van der Waals surface area contributed by atoms with Crippen LogP contribution in [0.15, 0.2) is 41.2 Å². The number of nitrogens with one attached hydrogen (secondary N) is 1. The lowest BCUT2D eigenvalue weighted by Crippen LogP contribution is -2.19. The Bertz CT molecular complexity index is 1170. The van der Waals surface area contributed by atoms with Gasteiger partial charge in [-0.1, -0.05) is 12.1 Å². The average Bonchev–Trinajstić information content (AvgIpc) is 2.90. The lowest BCUT2D eigenvalue weighted by Gasteiger charge is -2.16. The lowest BCUT2D eigenvalue weighted by molar-refractivity contribution is 0.102. The molecule has 1 amide bonds. The highest BCUT2D eigenvalue weighted by molar-refractivity contribution is 6.07. The monoisotopic (exact) mass is 394 g/mol. The number of hydrogen-bond donors (Lipinski definition) is 1. The fourth-order valence-corrected chi connectivity index (χ4v) is 3.05. The van der Waals surface area contributed by atoms with E-state index in [1.54, 1.807) is 50.5 Å². The van der Waals surface area contributed by atoms with E-state index in [2.05, 4.69) is 5.32 Å². The minimum Gasteiger partial charge on any atom is -0.489 e. The number of nitriles is 1. The number of rotatable bonds is 6. The van der Waals surface area contributed by atoms with Crippen LogP contribution in [0.1, 0.15) is 24.2 Å². The van der Waals surface area contributed by atoms with E-state index in [4.69, 9.17) is 14.7 Å². The summed E-state index contributed by atoms with van der Waals surface area (Å²) in [4.78, 5) is 25.2. The molecule has 0 bridgehead atoms. The van der Waals surface area contributed by atoms with Crippen molar-refractivity contribution in [3.63, 3.8) is 0 Å². The maximum absolute atomic E-state index is 12.9. The van der Waals surface area contributed by atoms with Crippen LogP contribution < -0.4 is 20.5 Å². The summed E-state index contributed by atoms with van der Waals surface area (Å²) in [7, 11) is 3.36. The van der Waals surface area contributed by atoms with Crippen LogP contribution in [0, 0.1) is 11.3 Å². The van der Waals surface area contributed by atoms with Gasteiger partial charge in [-0.2, -0.15) is 5.26 Å². The van der Waals surface area contributed by atoms with Crippen LogP contribution in [0.5, 0.6) is 11.5 Å². The Morgan fingerprint density at radius 1 is 1.14 bits per heavy atom. The van der Waals surface area contributed by atoms with Crippen LogP contribution in [0.3, 0.4) is 0 Å². The molecule has 150 valence electrons. The highest BCUT2D eigenvalue weighted by Gasteiger charge is 2.18. The molecule has 3 aromatic rings. The quantitative estimate of drug-likeness (QED) is 0.693. The SMILES string of the molecule is CC(C)Oc1cc2c(cc1NC(=O)c1ccccc1OCC#N)n(C)c(=O)n2C. The van der Waals surface area contributed by atoms with Crippen molar-refractivity contribution in [2.45, 2.75) is 20.0 Å². The largest absolute Gasteiger partial charge is 0.489 e. The topological polar surface area (TPSA) is 98.3 Å². The molecule has 0 saturated heterocycles. The fraction of sp³-hybridized carbons (Fsp3) is 0.286. The van der Waals surface area contributed by atoms with Crippen molar-refractivity contribution in [3.8, 4) is 17.6 Å². The summed E-state index contributed by atoms with van der Waals surface area (Å²) in [5.74, 6) is 0.357. The van der Waals surface area contributed by atoms with Gasteiger partial charge in [-0.3, -0.25) is 13.9 Å². The number of nitrogens with zero attached hydrogens (tertiary/aromatic N) is 3. The average molecular weight is 394 g/mol. The third-order valence-corrected chi connectivity index (χ3v) is 4.41. The van der Waals surface area contributed by atoms with E-state index in [0.29, 0.717) is 33.8 Å². The summed E-state index contributed by atoms with van der Waals surface area (Å²) in [6.45, 7) is 3.60. The number of ether oxygens (including phenoxy) is 2. The van der Waals surface area contributed by atoms with Crippen molar-refractivity contribution in [1.82, 2.24) is 9.13 Å². The number of aromatic nitrogens is 2. The van der Waals surface area contributed by atoms with E-state index in [1.807, 2.05) is 19.9 Å². The van der Waals surface area contributed by atoms with Gasteiger partial charge in [0.2, 0.25) is 0 Å². The summed E-state index contributed by atoms with van der Waals surface area (Å²) in [6, 6.07) is 12.0. The van der Waals surface area contributed by atoms with Gasteiger partial charge in [0.1, 0.15) is 17.6 Å². The Morgan fingerprint density at radius 3 is 2.45 bits per heavy atom. The Morgan fingerprint density at radius 2 is 1.79 bits per heavy atom. The third kappa shape index (κ3) is 3.94. The normalized spacial score (nSPS) is 10.8. The van der Waals surface area contributed by atoms with Gasteiger partial charge in [-0.05, 0) is 32.0 Å². The number of aryl methyl sites for hydroxylation is 2. The number of carbonyl (C=O) groups excluding carboxylic acids is 1. The zero-order valence-electron chi connectivity index (χ0n) is 16.7. The molecule has 0 aliphatic carbocycles. The van der Waals surface area contributed by atoms with E-state index in [-0.39, 0.29) is 18.4 Å². The fourth-order valence-electron chi connectivity index (χ4n) is 3.05. The molecule has 0 fully saturated rings. The van der Waals surface area contributed by atoms with E-state index in [9.17, 15) is 9.59 Å². The highest BCUT2D eigenvalue weighted by Crippen LogP contribution is 2.32. The zero-order valence-corrected chi connectivity index (χ0v) is 16.7. The molecular formula is C21H22N4O4. The van der Waals surface area contributed by atoms with Gasteiger partial charge in [0, 0.05) is 20.2 Å². The maximum Gasteiger partial charge on any atom is 0.328 e. The molecule has 3 rings (SSSR count). The zero-order chi connectivity index (χ0) is 21.1. The first-order valence-corrected chi connectivity index (χ1v) is 9.09. The number of imidazole rings is 1.